The normalized spacial score (nSPS) is 15.6. The van der Waals surface area contributed by atoms with Crippen LogP contribution in [0.5, 0.6) is 0 Å². The van der Waals surface area contributed by atoms with Crippen LogP contribution in [-0.2, 0) is 13.1 Å². The Morgan fingerprint density at radius 2 is 1.93 bits per heavy atom. The molecule has 7 nitrogen and oxygen atoms in total. The van der Waals surface area contributed by atoms with Crippen molar-refractivity contribution in [3.63, 3.8) is 0 Å². The quantitative estimate of drug-likeness (QED) is 0.662. The minimum atomic E-state index is -2.62. The molecule has 10 heteroatoms. The molecular formula is C18H18F3N5O2. The van der Waals surface area contributed by atoms with Crippen molar-refractivity contribution in [2.45, 2.75) is 19.5 Å². The van der Waals surface area contributed by atoms with Crippen LogP contribution in [-0.4, -0.2) is 52.4 Å². The summed E-state index contributed by atoms with van der Waals surface area (Å²) >= 11 is 0. The lowest BCUT2D eigenvalue weighted by atomic mass is 10.2. The molecule has 1 saturated heterocycles. The Labute approximate surface area is 157 Å². The molecule has 0 aliphatic carbocycles. The summed E-state index contributed by atoms with van der Waals surface area (Å²) in [4.78, 5) is 16.1. The van der Waals surface area contributed by atoms with Crippen molar-refractivity contribution in [2.24, 2.45) is 0 Å². The summed E-state index contributed by atoms with van der Waals surface area (Å²) in [5, 5.41) is 8.66. The van der Waals surface area contributed by atoms with E-state index in [0.29, 0.717) is 30.9 Å². The monoisotopic (exact) mass is 393 g/mol. The average molecular weight is 393 g/mol. The van der Waals surface area contributed by atoms with E-state index in [9.17, 15) is 18.0 Å². The van der Waals surface area contributed by atoms with Gasteiger partial charge in [-0.3, -0.25) is 9.69 Å². The number of alkyl halides is 2. The van der Waals surface area contributed by atoms with Gasteiger partial charge in [-0.15, -0.1) is 0 Å². The van der Waals surface area contributed by atoms with Crippen molar-refractivity contribution in [3.05, 3.63) is 52.3 Å². The molecule has 2 aromatic heterocycles. The largest absolute Gasteiger partial charge is 0.368 e. The molecule has 1 aliphatic rings. The number of rotatable bonds is 5. The fourth-order valence-electron chi connectivity index (χ4n) is 3.32. The van der Waals surface area contributed by atoms with Crippen LogP contribution in [0, 0.1) is 5.82 Å². The van der Waals surface area contributed by atoms with Gasteiger partial charge in [0, 0.05) is 50.2 Å². The van der Waals surface area contributed by atoms with E-state index in [-0.39, 0.29) is 5.82 Å². The van der Waals surface area contributed by atoms with Crippen LogP contribution in [0.1, 0.15) is 5.69 Å². The summed E-state index contributed by atoms with van der Waals surface area (Å²) in [6.45, 7) is 2.61. The molecule has 28 heavy (non-hydrogen) atoms. The van der Waals surface area contributed by atoms with Crippen LogP contribution >= 0.6 is 0 Å². The highest BCUT2D eigenvalue weighted by atomic mass is 19.3. The third-order valence-corrected chi connectivity index (χ3v) is 4.79. The zero-order chi connectivity index (χ0) is 19.7. The van der Waals surface area contributed by atoms with Gasteiger partial charge >= 0.3 is 0 Å². The number of benzene rings is 1. The Kier molecular flexibility index (Phi) is 5.03. The highest BCUT2D eigenvalue weighted by Gasteiger charge is 2.20. The second kappa shape index (κ2) is 7.63. The molecule has 0 radical (unpaired) electrons. The van der Waals surface area contributed by atoms with Gasteiger partial charge < -0.3 is 9.42 Å². The fraction of sp³-hybridized carbons (Fsp3) is 0.389. The number of anilines is 1. The molecule has 0 amide bonds. The third kappa shape index (κ3) is 3.86. The number of fused-ring (bicyclic) bond motifs is 1. The van der Waals surface area contributed by atoms with E-state index in [4.69, 9.17) is 4.52 Å². The molecule has 1 fully saturated rings. The maximum absolute atomic E-state index is 13.3. The summed E-state index contributed by atoms with van der Waals surface area (Å²) in [5.41, 5.74) is 1.25. The van der Waals surface area contributed by atoms with E-state index in [2.05, 4.69) is 15.2 Å². The second-order valence-electron chi connectivity index (χ2n) is 6.66. The van der Waals surface area contributed by atoms with Crippen LogP contribution < -0.4 is 10.5 Å². The second-order valence-corrected chi connectivity index (χ2v) is 6.66. The molecule has 0 atom stereocenters. The van der Waals surface area contributed by atoms with Crippen LogP contribution in [0.25, 0.3) is 11.0 Å². The first-order valence-electron chi connectivity index (χ1n) is 8.86. The smallest absolute Gasteiger partial charge is 0.269 e. The van der Waals surface area contributed by atoms with Crippen molar-refractivity contribution in [2.75, 3.05) is 31.1 Å². The van der Waals surface area contributed by atoms with Crippen molar-refractivity contribution in [1.82, 2.24) is 19.8 Å². The van der Waals surface area contributed by atoms with Crippen molar-refractivity contribution in [3.8, 4) is 0 Å². The molecule has 0 saturated carbocycles. The average Bonchev–Trinajstić information content (AvgIpc) is 3.05. The lowest BCUT2D eigenvalue weighted by Crippen LogP contribution is -2.46. The Morgan fingerprint density at radius 3 is 2.64 bits per heavy atom. The van der Waals surface area contributed by atoms with Gasteiger partial charge in [-0.05, 0) is 12.1 Å². The van der Waals surface area contributed by atoms with Gasteiger partial charge in [0.05, 0.1) is 11.9 Å². The van der Waals surface area contributed by atoms with Gasteiger partial charge in [0.25, 0.3) is 12.0 Å². The molecule has 1 aromatic carbocycles. The predicted octanol–water partition coefficient (Wildman–Crippen LogP) is 2.11. The molecule has 0 unspecified atom stereocenters. The van der Waals surface area contributed by atoms with Gasteiger partial charge in [-0.1, -0.05) is 5.16 Å². The van der Waals surface area contributed by atoms with E-state index in [1.807, 2.05) is 4.90 Å². The number of piperazine rings is 1. The minimum absolute atomic E-state index is 0.368. The fourth-order valence-corrected chi connectivity index (χ4v) is 3.32. The maximum Gasteiger partial charge on any atom is 0.269 e. The molecule has 4 rings (SSSR count). The van der Waals surface area contributed by atoms with Crippen LogP contribution in [0.15, 0.2) is 39.8 Å². The lowest BCUT2D eigenvalue weighted by molar-refractivity contribution is 0.119. The molecule has 0 N–H and O–H groups in total. The first-order valence-corrected chi connectivity index (χ1v) is 8.86. The highest BCUT2D eigenvalue weighted by molar-refractivity contribution is 5.79. The number of halogens is 3. The van der Waals surface area contributed by atoms with E-state index >= 15 is 0 Å². The first-order chi connectivity index (χ1) is 13.5. The van der Waals surface area contributed by atoms with Crippen molar-refractivity contribution in [1.29, 1.82) is 0 Å². The Balaban J connectivity index is 1.39. The van der Waals surface area contributed by atoms with Gasteiger partial charge in [0.15, 0.2) is 5.58 Å². The zero-order valence-corrected chi connectivity index (χ0v) is 14.9. The third-order valence-electron chi connectivity index (χ3n) is 4.79. The minimum Gasteiger partial charge on any atom is -0.368 e. The van der Waals surface area contributed by atoms with Crippen LogP contribution in [0.3, 0.4) is 0 Å². The Bertz CT molecular complexity index is 1030. The van der Waals surface area contributed by atoms with Gasteiger partial charge in [-0.25, -0.2) is 17.9 Å². The lowest BCUT2D eigenvalue weighted by Gasteiger charge is -2.35. The molecule has 1 aliphatic heterocycles. The summed E-state index contributed by atoms with van der Waals surface area (Å²) in [6.07, 6.45) is -1.18. The summed E-state index contributed by atoms with van der Waals surface area (Å²) < 4.78 is 44.1. The first kappa shape index (κ1) is 18.5. The van der Waals surface area contributed by atoms with E-state index in [1.165, 1.54) is 24.4 Å². The van der Waals surface area contributed by atoms with Gasteiger partial charge in [0.1, 0.15) is 18.1 Å². The molecule has 0 spiro atoms. The maximum atomic E-state index is 13.3. The van der Waals surface area contributed by atoms with Crippen molar-refractivity contribution < 1.29 is 17.7 Å². The van der Waals surface area contributed by atoms with Crippen molar-refractivity contribution >= 4 is 16.7 Å². The Morgan fingerprint density at radius 1 is 1.14 bits per heavy atom. The molecular weight excluding hydrogens is 375 g/mol. The molecule has 0 bridgehead atoms. The van der Waals surface area contributed by atoms with Gasteiger partial charge in [0.2, 0.25) is 0 Å². The number of aromatic nitrogens is 3. The molecule has 3 aromatic rings. The molecule has 3 heterocycles. The topological polar surface area (TPSA) is 67.4 Å². The summed E-state index contributed by atoms with van der Waals surface area (Å²) in [6, 6.07) is 5.69. The summed E-state index contributed by atoms with van der Waals surface area (Å²) in [5.74, 6) is -0.368. The number of nitrogens with zero attached hydrogens (tertiary/aromatic N) is 5. The van der Waals surface area contributed by atoms with E-state index in [0.717, 1.165) is 28.9 Å². The van der Waals surface area contributed by atoms with Crippen LogP contribution in [0.2, 0.25) is 0 Å². The standard InChI is InChI=1S/C18H18F3N5O2/c19-12-1-2-14-15(23-28-16(14)7-12)10-24-3-5-25(6-4-24)13-8-18(27)26(22-9-13)11-17(20)21/h1-2,7-9,17H,3-6,10-11H2. The number of hydrogen-bond acceptors (Lipinski definition) is 6. The molecule has 148 valence electrons. The predicted molar refractivity (Wildman–Crippen MR) is 96.0 cm³/mol. The van der Waals surface area contributed by atoms with E-state index < -0.39 is 18.5 Å². The number of hydrogen-bond donors (Lipinski definition) is 0. The van der Waals surface area contributed by atoms with Gasteiger partial charge in [-0.2, -0.15) is 5.10 Å². The SMILES string of the molecule is O=c1cc(N2CCN(Cc3noc4cc(F)ccc34)CC2)cnn1CC(F)F. The highest BCUT2D eigenvalue weighted by Crippen LogP contribution is 2.22. The zero-order valence-electron chi connectivity index (χ0n) is 14.9. The van der Waals surface area contributed by atoms with E-state index in [1.54, 1.807) is 6.07 Å². The Hall–Kier alpha value is -2.88. The summed E-state index contributed by atoms with van der Waals surface area (Å²) in [7, 11) is 0. The van der Waals surface area contributed by atoms with Crippen LogP contribution in [0.4, 0.5) is 18.9 Å².